The predicted molar refractivity (Wildman–Crippen MR) is 84.8 cm³/mol. The molecule has 110 valence electrons. The van der Waals surface area contributed by atoms with E-state index in [1.54, 1.807) is 6.08 Å². The number of nitrogens with zero attached hydrogens (tertiary/aromatic N) is 1. The lowest BCUT2D eigenvalue weighted by atomic mass is 10.1. The van der Waals surface area contributed by atoms with E-state index in [0.717, 1.165) is 11.1 Å². The summed E-state index contributed by atoms with van der Waals surface area (Å²) in [6.07, 6.45) is 2.44. The average molecular weight is 292 g/mol. The molecule has 3 amide bonds. The molecule has 1 fully saturated rings. The first-order chi connectivity index (χ1) is 10.7. The third kappa shape index (κ3) is 3.06. The van der Waals surface area contributed by atoms with Crippen molar-refractivity contribution in [2.75, 3.05) is 6.54 Å². The van der Waals surface area contributed by atoms with Crippen LogP contribution in [0.4, 0.5) is 4.79 Å². The molecule has 0 aromatic heterocycles. The molecule has 1 N–H and O–H groups in total. The minimum atomic E-state index is -0.358. The molecule has 22 heavy (non-hydrogen) atoms. The molecular weight excluding hydrogens is 276 g/mol. The summed E-state index contributed by atoms with van der Waals surface area (Å²) in [6.45, 7) is 0.472. The SMILES string of the molecule is O=C1NC(=O)N(CCc2ccccc2)/C1=C\c1ccccc1. The molecule has 0 atom stereocenters. The van der Waals surface area contributed by atoms with E-state index in [0.29, 0.717) is 18.7 Å². The van der Waals surface area contributed by atoms with Crippen LogP contribution in [0.15, 0.2) is 66.4 Å². The van der Waals surface area contributed by atoms with Crippen LogP contribution in [-0.2, 0) is 11.2 Å². The highest BCUT2D eigenvalue weighted by atomic mass is 16.2. The number of benzene rings is 2. The van der Waals surface area contributed by atoms with Crippen molar-refractivity contribution in [2.24, 2.45) is 0 Å². The Morgan fingerprint density at radius 3 is 2.23 bits per heavy atom. The molecule has 0 aliphatic carbocycles. The maximum absolute atomic E-state index is 12.0. The van der Waals surface area contributed by atoms with E-state index in [2.05, 4.69) is 5.32 Å². The van der Waals surface area contributed by atoms with Crippen molar-refractivity contribution in [3.8, 4) is 0 Å². The maximum Gasteiger partial charge on any atom is 0.329 e. The number of urea groups is 1. The Labute approximate surface area is 129 Å². The van der Waals surface area contributed by atoms with Crippen LogP contribution in [0, 0.1) is 0 Å². The third-order valence-electron chi connectivity index (χ3n) is 3.56. The van der Waals surface area contributed by atoms with Crippen molar-refractivity contribution < 1.29 is 9.59 Å². The summed E-state index contributed by atoms with van der Waals surface area (Å²) in [7, 11) is 0. The van der Waals surface area contributed by atoms with Crippen molar-refractivity contribution in [1.82, 2.24) is 10.2 Å². The second kappa shape index (κ2) is 6.26. The molecule has 4 nitrogen and oxygen atoms in total. The summed E-state index contributed by atoms with van der Waals surface area (Å²) in [5.41, 5.74) is 2.42. The highest BCUT2D eigenvalue weighted by Crippen LogP contribution is 2.17. The molecule has 0 unspecified atom stereocenters. The van der Waals surface area contributed by atoms with Crippen molar-refractivity contribution in [2.45, 2.75) is 6.42 Å². The normalized spacial score (nSPS) is 16.2. The first-order valence-electron chi connectivity index (χ1n) is 7.17. The average Bonchev–Trinajstić information content (AvgIpc) is 2.81. The molecule has 4 heteroatoms. The van der Waals surface area contributed by atoms with Gasteiger partial charge in [-0.2, -0.15) is 0 Å². The van der Waals surface area contributed by atoms with Crippen LogP contribution in [0.25, 0.3) is 6.08 Å². The van der Waals surface area contributed by atoms with Crippen LogP contribution in [0.3, 0.4) is 0 Å². The Morgan fingerprint density at radius 1 is 0.909 bits per heavy atom. The summed E-state index contributed by atoms with van der Waals surface area (Å²) in [6, 6.07) is 19.1. The fraction of sp³-hybridized carbons (Fsp3) is 0.111. The first kappa shape index (κ1) is 14.1. The molecule has 1 heterocycles. The Kier molecular flexibility index (Phi) is 4.01. The van der Waals surface area contributed by atoms with E-state index >= 15 is 0 Å². The third-order valence-corrected chi connectivity index (χ3v) is 3.56. The molecule has 0 radical (unpaired) electrons. The van der Waals surface area contributed by atoms with Gasteiger partial charge in [0.1, 0.15) is 5.70 Å². The molecule has 3 rings (SSSR count). The Bertz CT molecular complexity index is 708. The van der Waals surface area contributed by atoms with Crippen molar-refractivity contribution in [1.29, 1.82) is 0 Å². The minimum Gasteiger partial charge on any atom is -0.289 e. The molecule has 1 saturated heterocycles. The molecule has 0 saturated carbocycles. The zero-order valence-corrected chi connectivity index (χ0v) is 12.0. The second-order valence-electron chi connectivity index (χ2n) is 5.09. The lowest BCUT2D eigenvalue weighted by molar-refractivity contribution is -0.116. The fourth-order valence-corrected chi connectivity index (χ4v) is 2.42. The summed E-state index contributed by atoms with van der Waals surface area (Å²) in [4.78, 5) is 25.4. The maximum atomic E-state index is 12.0. The van der Waals surface area contributed by atoms with Crippen LogP contribution in [-0.4, -0.2) is 23.4 Å². The van der Waals surface area contributed by atoms with Crippen LogP contribution < -0.4 is 5.32 Å². The number of imide groups is 1. The highest BCUT2D eigenvalue weighted by Gasteiger charge is 2.32. The van der Waals surface area contributed by atoms with E-state index in [1.807, 2.05) is 60.7 Å². The number of carbonyl (C=O) groups is 2. The van der Waals surface area contributed by atoms with Gasteiger partial charge >= 0.3 is 6.03 Å². The lowest BCUT2D eigenvalue weighted by Gasteiger charge is -2.15. The second-order valence-corrected chi connectivity index (χ2v) is 5.09. The van der Waals surface area contributed by atoms with Gasteiger partial charge in [0.05, 0.1) is 0 Å². The van der Waals surface area contributed by atoms with Crippen LogP contribution >= 0.6 is 0 Å². The smallest absolute Gasteiger partial charge is 0.289 e. The number of hydrogen-bond donors (Lipinski definition) is 1. The van der Waals surface area contributed by atoms with Gasteiger partial charge in [0, 0.05) is 6.54 Å². The lowest BCUT2D eigenvalue weighted by Crippen LogP contribution is -2.29. The number of hydrogen-bond acceptors (Lipinski definition) is 2. The van der Waals surface area contributed by atoms with E-state index in [9.17, 15) is 9.59 Å². The molecule has 0 bridgehead atoms. The van der Waals surface area contributed by atoms with Crippen LogP contribution in [0.5, 0.6) is 0 Å². The van der Waals surface area contributed by atoms with Gasteiger partial charge in [-0.05, 0) is 23.6 Å². The highest BCUT2D eigenvalue weighted by molar-refractivity contribution is 6.13. The number of amides is 3. The summed E-state index contributed by atoms with van der Waals surface area (Å²) >= 11 is 0. The Morgan fingerprint density at radius 2 is 1.55 bits per heavy atom. The van der Waals surface area contributed by atoms with Gasteiger partial charge in [-0.3, -0.25) is 15.0 Å². The molecule has 0 spiro atoms. The number of carbonyl (C=O) groups excluding carboxylic acids is 2. The van der Waals surface area contributed by atoms with Crippen molar-refractivity contribution >= 4 is 18.0 Å². The predicted octanol–water partition coefficient (Wildman–Crippen LogP) is 2.82. The quantitative estimate of drug-likeness (QED) is 0.696. The van der Waals surface area contributed by atoms with E-state index in [4.69, 9.17) is 0 Å². The Balaban J connectivity index is 1.80. The topological polar surface area (TPSA) is 49.4 Å². The van der Waals surface area contributed by atoms with Gasteiger partial charge in [0.25, 0.3) is 5.91 Å². The zero-order valence-electron chi connectivity index (χ0n) is 12.0. The van der Waals surface area contributed by atoms with Gasteiger partial charge in [-0.1, -0.05) is 60.7 Å². The molecular formula is C18H16N2O2. The van der Waals surface area contributed by atoms with Crippen LogP contribution in [0.1, 0.15) is 11.1 Å². The number of rotatable bonds is 4. The van der Waals surface area contributed by atoms with E-state index in [1.165, 1.54) is 4.90 Å². The van der Waals surface area contributed by atoms with E-state index in [-0.39, 0.29) is 11.9 Å². The largest absolute Gasteiger partial charge is 0.329 e. The molecule has 2 aromatic carbocycles. The Hall–Kier alpha value is -2.88. The van der Waals surface area contributed by atoms with Gasteiger partial charge in [-0.25, -0.2) is 4.79 Å². The van der Waals surface area contributed by atoms with Gasteiger partial charge in [0.2, 0.25) is 0 Å². The molecule has 1 aliphatic rings. The van der Waals surface area contributed by atoms with Crippen LogP contribution in [0.2, 0.25) is 0 Å². The number of nitrogens with one attached hydrogen (secondary N) is 1. The van der Waals surface area contributed by atoms with Gasteiger partial charge in [-0.15, -0.1) is 0 Å². The standard InChI is InChI=1S/C18H16N2O2/c21-17-16(13-15-9-5-2-6-10-15)20(18(22)19-17)12-11-14-7-3-1-4-8-14/h1-10,13H,11-12H2,(H,19,21,22)/b16-13-. The first-order valence-corrected chi connectivity index (χ1v) is 7.17. The monoisotopic (exact) mass is 292 g/mol. The zero-order chi connectivity index (χ0) is 15.4. The van der Waals surface area contributed by atoms with E-state index < -0.39 is 0 Å². The molecule has 1 aliphatic heterocycles. The molecule has 2 aromatic rings. The van der Waals surface area contributed by atoms with Crippen molar-refractivity contribution in [3.63, 3.8) is 0 Å². The summed E-state index contributed by atoms with van der Waals surface area (Å²) in [5, 5.41) is 2.35. The van der Waals surface area contributed by atoms with Gasteiger partial charge in [0.15, 0.2) is 0 Å². The summed E-state index contributed by atoms with van der Waals surface area (Å²) < 4.78 is 0. The minimum absolute atomic E-state index is 0.345. The van der Waals surface area contributed by atoms with Gasteiger partial charge < -0.3 is 0 Å². The van der Waals surface area contributed by atoms with Crippen molar-refractivity contribution in [3.05, 3.63) is 77.5 Å². The summed E-state index contributed by atoms with van der Waals surface area (Å²) in [5.74, 6) is -0.345. The fourth-order valence-electron chi connectivity index (χ4n) is 2.42.